The number of aliphatic carboxylic acids is 1. The Balaban J connectivity index is 2.77. The number of nitrogens with zero attached hydrogens (tertiary/aromatic N) is 1. The molecule has 5 nitrogen and oxygen atoms in total. The van der Waals surface area contributed by atoms with E-state index < -0.39 is 23.6 Å². The van der Waals surface area contributed by atoms with E-state index in [4.69, 9.17) is 4.74 Å². The van der Waals surface area contributed by atoms with Crippen LogP contribution in [0.1, 0.15) is 32.3 Å². The third-order valence-electron chi connectivity index (χ3n) is 2.66. The van der Waals surface area contributed by atoms with Gasteiger partial charge in [-0.2, -0.15) is 0 Å². The van der Waals surface area contributed by atoms with E-state index in [1.807, 2.05) is 6.07 Å². The maximum Gasteiger partial charge on any atom is 0.410 e. The molecule has 1 rings (SSSR count). The summed E-state index contributed by atoms with van der Waals surface area (Å²) in [4.78, 5) is 24.5. The lowest BCUT2D eigenvalue weighted by atomic mass is 9.99. The maximum atomic E-state index is 11.9. The van der Waals surface area contributed by atoms with Gasteiger partial charge in [0.1, 0.15) is 5.60 Å². The molecule has 0 fully saturated rings. The molecule has 1 aromatic carbocycles. The highest BCUT2D eigenvalue weighted by Crippen LogP contribution is 2.18. The summed E-state index contributed by atoms with van der Waals surface area (Å²) in [7, 11) is 1.53. The number of rotatable bonds is 4. The molecular weight excluding hydrogens is 258 g/mol. The number of carboxylic acid groups (broad SMARTS) is 1. The quantitative estimate of drug-likeness (QED) is 0.920. The molecule has 0 aliphatic rings. The average molecular weight is 279 g/mol. The van der Waals surface area contributed by atoms with E-state index in [9.17, 15) is 14.7 Å². The fraction of sp³-hybridized carbons (Fsp3) is 0.467. The Morgan fingerprint density at radius 1 is 1.25 bits per heavy atom. The van der Waals surface area contributed by atoms with Crippen LogP contribution in [0.2, 0.25) is 0 Å². The number of amides is 1. The van der Waals surface area contributed by atoms with Crippen molar-refractivity contribution in [1.82, 2.24) is 4.90 Å². The van der Waals surface area contributed by atoms with E-state index in [0.29, 0.717) is 5.56 Å². The van der Waals surface area contributed by atoms with Crippen molar-refractivity contribution in [3.05, 3.63) is 35.9 Å². The molecule has 0 aliphatic heterocycles. The molecule has 1 N–H and O–H groups in total. The lowest BCUT2D eigenvalue weighted by Crippen LogP contribution is -2.38. The van der Waals surface area contributed by atoms with Crippen molar-refractivity contribution in [2.24, 2.45) is 0 Å². The van der Waals surface area contributed by atoms with E-state index in [-0.39, 0.29) is 6.54 Å². The molecular formula is C15H21NO4. The van der Waals surface area contributed by atoms with Gasteiger partial charge in [-0.3, -0.25) is 4.79 Å². The van der Waals surface area contributed by atoms with Gasteiger partial charge in [-0.1, -0.05) is 30.3 Å². The van der Waals surface area contributed by atoms with Gasteiger partial charge in [0.15, 0.2) is 0 Å². The Hall–Kier alpha value is -2.04. The first-order valence-corrected chi connectivity index (χ1v) is 6.42. The van der Waals surface area contributed by atoms with E-state index in [1.54, 1.807) is 45.0 Å². The minimum absolute atomic E-state index is 0.0638. The summed E-state index contributed by atoms with van der Waals surface area (Å²) in [6.07, 6.45) is -0.528. The summed E-state index contributed by atoms with van der Waals surface area (Å²) < 4.78 is 5.21. The first-order chi connectivity index (χ1) is 9.20. The zero-order chi connectivity index (χ0) is 15.3. The van der Waals surface area contributed by atoms with Crippen LogP contribution < -0.4 is 0 Å². The van der Waals surface area contributed by atoms with Crippen LogP contribution in [0.4, 0.5) is 4.79 Å². The van der Waals surface area contributed by atoms with Gasteiger partial charge in [-0.05, 0) is 26.3 Å². The third kappa shape index (κ3) is 4.91. The lowest BCUT2D eigenvalue weighted by molar-refractivity contribution is -0.139. The molecule has 0 spiro atoms. The van der Waals surface area contributed by atoms with Gasteiger partial charge in [-0.25, -0.2) is 4.79 Å². The number of benzene rings is 1. The number of carbonyl (C=O) groups is 2. The van der Waals surface area contributed by atoms with Crippen molar-refractivity contribution in [3.63, 3.8) is 0 Å². The molecule has 0 aromatic heterocycles. The van der Waals surface area contributed by atoms with Crippen molar-refractivity contribution >= 4 is 12.1 Å². The van der Waals surface area contributed by atoms with Gasteiger partial charge in [0.25, 0.3) is 0 Å². The normalized spacial score (nSPS) is 12.6. The second kappa shape index (κ2) is 6.41. The molecule has 1 amide bonds. The van der Waals surface area contributed by atoms with Crippen LogP contribution in [0.5, 0.6) is 0 Å². The third-order valence-corrected chi connectivity index (χ3v) is 2.66. The van der Waals surface area contributed by atoms with Crippen LogP contribution in [0.15, 0.2) is 30.3 Å². The standard InChI is InChI=1S/C15H21NO4/c1-15(2,3)20-14(19)16(4)10-12(13(17)18)11-8-6-5-7-9-11/h5-9,12H,10H2,1-4H3,(H,17,18). The van der Waals surface area contributed by atoms with Crippen molar-refractivity contribution in [3.8, 4) is 0 Å². The number of hydrogen-bond acceptors (Lipinski definition) is 3. The molecule has 0 saturated carbocycles. The summed E-state index contributed by atoms with van der Waals surface area (Å²) in [6, 6.07) is 8.85. The first-order valence-electron chi connectivity index (χ1n) is 6.42. The fourth-order valence-corrected chi connectivity index (χ4v) is 1.70. The van der Waals surface area contributed by atoms with Gasteiger partial charge in [0.05, 0.1) is 5.92 Å². The Bertz CT molecular complexity index is 465. The van der Waals surface area contributed by atoms with E-state index >= 15 is 0 Å². The Kier molecular flexibility index (Phi) is 5.13. The van der Waals surface area contributed by atoms with E-state index in [2.05, 4.69) is 0 Å². The zero-order valence-electron chi connectivity index (χ0n) is 12.3. The topological polar surface area (TPSA) is 66.8 Å². The Labute approximate surface area is 119 Å². The summed E-state index contributed by atoms with van der Waals surface area (Å²) in [5.41, 5.74) is 0.0620. The minimum Gasteiger partial charge on any atom is -0.481 e. The fourth-order valence-electron chi connectivity index (χ4n) is 1.70. The molecule has 0 heterocycles. The van der Waals surface area contributed by atoms with Gasteiger partial charge in [0, 0.05) is 13.6 Å². The number of hydrogen-bond donors (Lipinski definition) is 1. The van der Waals surface area contributed by atoms with Crippen molar-refractivity contribution in [2.75, 3.05) is 13.6 Å². The predicted octanol–water partition coefficient (Wildman–Crippen LogP) is 2.72. The Morgan fingerprint density at radius 2 is 1.80 bits per heavy atom. The molecule has 20 heavy (non-hydrogen) atoms. The second-order valence-electron chi connectivity index (χ2n) is 5.66. The summed E-state index contributed by atoms with van der Waals surface area (Å²) >= 11 is 0. The molecule has 0 bridgehead atoms. The van der Waals surface area contributed by atoms with Crippen LogP contribution in [-0.2, 0) is 9.53 Å². The van der Waals surface area contributed by atoms with Crippen molar-refractivity contribution < 1.29 is 19.4 Å². The molecule has 1 atom stereocenters. The van der Waals surface area contributed by atoms with Gasteiger partial charge in [0.2, 0.25) is 0 Å². The summed E-state index contributed by atoms with van der Waals surface area (Å²) in [5, 5.41) is 9.31. The summed E-state index contributed by atoms with van der Waals surface area (Å²) in [6.45, 7) is 5.37. The van der Waals surface area contributed by atoms with Crippen LogP contribution in [-0.4, -0.2) is 41.3 Å². The molecule has 0 aliphatic carbocycles. The maximum absolute atomic E-state index is 11.9. The van der Waals surface area contributed by atoms with Crippen LogP contribution in [0, 0.1) is 0 Å². The minimum atomic E-state index is -0.966. The van der Waals surface area contributed by atoms with Crippen LogP contribution in [0.3, 0.4) is 0 Å². The molecule has 110 valence electrons. The molecule has 1 aromatic rings. The molecule has 5 heteroatoms. The highest BCUT2D eigenvalue weighted by molar-refractivity contribution is 5.77. The van der Waals surface area contributed by atoms with Crippen LogP contribution in [0.25, 0.3) is 0 Å². The second-order valence-corrected chi connectivity index (χ2v) is 5.66. The van der Waals surface area contributed by atoms with Gasteiger partial charge < -0.3 is 14.7 Å². The highest BCUT2D eigenvalue weighted by Gasteiger charge is 2.26. The van der Waals surface area contributed by atoms with Crippen molar-refractivity contribution in [1.29, 1.82) is 0 Å². The van der Waals surface area contributed by atoms with Gasteiger partial charge >= 0.3 is 12.1 Å². The largest absolute Gasteiger partial charge is 0.481 e. The summed E-state index contributed by atoms with van der Waals surface area (Å²) in [5.74, 6) is -1.74. The number of carboxylic acids is 1. The smallest absolute Gasteiger partial charge is 0.410 e. The molecule has 0 saturated heterocycles. The van der Waals surface area contributed by atoms with Gasteiger partial charge in [-0.15, -0.1) is 0 Å². The Morgan fingerprint density at radius 3 is 2.25 bits per heavy atom. The average Bonchev–Trinajstić information content (AvgIpc) is 2.34. The van der Waals surface area contributed by atoms with Crippen molar-refractivity contribution in [2.45, 2.75) is 32.3 Å². The number of carbonyl (C=O) groups excluding carboxylic acids is 1. The monoisotopic (exact) mass is 279 g/mol. The zero-order valence-corrected chi connectivity index (χ0v) is 12.3. The molecule has 1 unspecified atom stereocenters. The van der Waals surface area contributed by atoms with E-state index in [1.165, 1.54) is 11.9 Å². The number of likely N-dealkylation sites (N-methyl/N-ethyl adjacent to an activating group) is 1. The SMILES string of the molecule is CN(CC(C(=O)O)c1ccccc1)C(=O)OC(C)(C)C. The predicted molar refractivity (Wildman–Crippen MR) is 75.7 cm³/mol. The molecule has 0 radical (unpaired) electrons. The van der Waals surface area contributed by atoms with Crippen LogP contribution >= 0.6 is 0 Å². The highest BCUT2D eigenvalue weighted by atomic mass is 16.6. The number of ether oxygens (including phenoxy) is 1. The first kappa shape index (κ1) is 16.0. The van der Waals surface area contributed by atoms with E-state index in [0.717, 1.165) is 0 Å². The lowest BCUT2D eigenvalue weighted by Gasteiger charge is -2.26.